The Morgan fingerprint density at radius 2 is 1.23 bits per heavy atom. The van der Waals surface area contributed by atoms with Gasteiger partial charge < -0.3 is 18.9 Å². The zero-order chi connectivity index (χ0) is 17.0. The van der Waals surface area contributed by atoms with Gasteiger partial charge in [-0.25, -0.2) is 4.79 Å². The van der Waals surface area contributed by atoms with Gasteiger partial charge in [0, 0.05) is 0 Å². The maximum absolute atomic E-state index is 11.8. The second-order valence-electron chi connectivity index (χ2n) is 4.81. The fourth-order valence-corrected chi connectivity index (χ4v) is 1.17. The van der Waals surface area contributed by atoms with Crippen LogP contribution in [-0.4, -0.2) is 19.4 Å². The summed E-state index contributed by atoms with van der Waals surface area (Å²) in [5.74, 6) is 0.178. The molecule has 0 amide bonds. The van der Waals surface area contributed by atoms with Crippen LogP contribution >= 0.6 is 0 Å². The monoisotopic (exact) mass is 310 g/mol. The van der Waals surface area contributed by atoms with E-state index < -0.39 is 6.16 Å². The Kier molecular flexibility index (Phi) is 10.4. The number of ether oxygens (including phenoxy) is 4. The normalized spacial score (nSPS) is 11.6. The molecule has 0 radical (unpaired) electrons. The SMILES string of the molecule is C=C(C)CO/C(=C/CC)OC(=O)O/C(=C\CC)OCC(=C)C. The van der Waals surface area contributed by atoms with Crippen molar-refractivity contribution in [1.82, 2.24) is 0 Å². The summed E-state index contributed by atoms with van der Waals surface area (Å²) < 4.78 is 20.7. The van der Waals surface area contributed by atoms with Gasteiger partial charge in [0.2, 0.25) is 0 Å². The molecule has 0 aliphatic heterocycles. The molecule has 0 heterocycles. The zero-order valence-electron chi connectivity index (χ0n) is 13.9. The Labute approximate surface area is 132 Å². The van der Waals surface area contributed by atoms with Crippen LogP contribution in [0.5, 0.6) is 0 Å². The fraction of sp³-hybridized carbons (Fsp3) is 0.471. The Hall–Kier alpha value is -2.17. The molecule has 5 heteroatoms. The molecule has 0 fully saturated rings. The van der Waals surface area contributed by atoms with Crippen molar-refractivity contribution in [1.29, 1.82) is 0 Å². The molecule has 0 bridgehead atoms. The summed E-state index contributed by atoms with van der Waals surface area (Å²) >= 11 is 0. The molecule has 0 aromatic carbocycles. The minimum Gasteiger partial charge on any atom is -0.461 e. The highest BCUT2D eigenvalue weighted by Gasteiger charge is 2.13. The lowest BCUT2D eigenvalue weighted by molar-refractivity contribution is 0.00532. The largest absolute Gasteiger partial charge is 0.524 e. The van der Waals surface area contributed by atoms with Gasteiger partial charge >= 0.3 is 6.16 Å². The highest BCUT2D eigenvalue weighted by atomic mass is 16.8. The number of hydrogen-bond acceptors (Lipinski definition) is 5. The molecular weight excluding hydrogens is 284 g/mol. The van der Waals surface area contributed by atoms with E-state index in [1.807, 2.05) is 27.7 Å². The first-order valence-electron chi connectivity index (χ1n) is 7.23. The third-order valence-corrected chi connectivity index (χ3v) is 2.03. The average molecular weight is 310 g/mol. The summed E-state index contributed by atoms with van der Waals surface area (Å²) in [6.45, 7) is 15.4. The van der Waals surface area contributed by atoms with Crippen molar-refractivity contribution in [2.45, 2.75) is 40.5 Å². The van der Waals surface area contributed by atoms with Crippen molar-refractivity contribution in [2.75, 3.05) is 13.2 Å². The molecule has 0 unspecified atom stereocenters. The quantitative estimate of drug-likeness (QED) is 0.329. The molecule has 0 spiro atoms. The molecule has 0 saturated carbocycles. The van der Waals surface area contributed by atoms with E-state index in [-0.39, 0.29) is 25.1 Å². The lowest BCUT2D eigenvalue weighted by atomic mass is 10.4. The second-order valence-corrected chi connectivity index (χ2v) is 4.81. The lowest BCUT2D eigenvalue weighted by Crippen LogP contribution is -2.12. The van der Waals surface area contributed by atoms with Crippen LogP contribution in [0.15, 0.2) is 48.3 Å². The van der Waals surface area contributed by atoms with Gasteiger partial charge in [0.1, 0.15) is 13.2 Å². The summed E-state index contributed by atoms with van der Waals surface area (Å²) in [5.41, 5.74) is 1.63. The average Bonchev–Trinajstić information content (AvgIpc) is 2.42. The van der Waals surface area contributed by atoms with E-state index >= 15 is 0 Å². The number of carbonyl (C=O) groups excluding carboxylic acids is 1. The van der Waals surface area contributed by atoms with Crippen molar-refractivity contribution in [3.63, 3.8) is 0 Å². The van der Waals surface area contributed by atoms with E-state index in [4.69, 9.17) is 18.9 Å². The van der Waals surface area contributed by atoms with Crippen molar-refractivity contribution in [3.05, 3.63) is 48.3 Å². The predicted octanol–water partition coefficient (Wildman–Crippen LogP) is 4.83. The highest BCUT2D eigenvalue weighted by molar-refractivity contribution is 5.62. The number of allylic oxidation sites excluding steroid dienone is 2. The Morgan fingerprint density at radius 1 is 0.864 bits per heavy atom. The molecule has 0 aromatic heterocycles. The maximum Gasteiger partial charge on any atom is 0.524 e. The third kappa shape index (κ3) is 10.6. The Morgan fingerprint density at radius 3 is 1.50 bits per heavy atom. The van der Waals surface area contributed by atoms with Crippen LogP contribution in [0, 0.1) is 0 Å². The van der Waals surface area contributed by atoms with Crippen LogP contribution in [-0.2, 0) is 18.9 Å². The molecule has 124 valence electrons. The Bertz CT molecular complexity index is 406. The van der Waals surface area contributed by atoms with Crippen LogP contribution in [0.3, 0.4) is 0 Å². The molecular formula is C17H26O5. The Balaban J connectivity index is 4.57. The van der Waals surface area contributed by atoms with Crippen LogP contribution in [0.1, 0.15) is 40.5 Å². The minimum absolute atomic E-state index is 0.0891. The smallest absolute Gasteiger partial charge is 0.461 e. The molecule has 0 rings (SSSR count). The lowest BCUT2D eigenvalue weighted by Gasteiger charge is -2.12. The van der Waals surface area contributed by atoms with E-state index in [9.17, 15) is 4.79 Å². The van der Waals surface area contributed by atoms with Crippen LogP contribution in [0.25, 0.3) is 0 Å². The number of hydrogen-bond donors (Lipinski definition) is 0. The standard InChI is InChI=1S/C17H26O5/c1-7-9-15(19-11-13(3)4)21-17(18)22-16(10-8-2)20-12-14(5)6/h9-10H,3,5,7-8,11-12H2,1-2,4,6H3/b15-9-,16-10-. The van der Waals surface area contributed by atoms with Crippen molar-refractivity contribution < 1.29 is 23.7 Å². The minimum atomic E-state index is -0.914. The van der Waals surface area contributed by atoms with Gasteiger partial charge in [-0.2, -0.15) is 0 Å². The van der Waals surface area contributed by atoms with Gasteiger partial charge in [-0.3, -0.25) is 0 Å². The van der Waals surface area contributed by atoms with Crippen LogP contribution < -0.4 is 0 Å². The summed E-state index contributed by atoms with van der Waals surface area (Å²) in [6, 6.07) is 0. The molecule has 22 heavy (non-hydrogen) atoms. The number of rotatable bonds is 10. The maximum atomic E-state index is 11.8. The summed E-state index contributed by atoms with van der Waals surface area (Å²) in [7, 11) is 0. The van der Waals surface area contributed by atoms with E-state index in [0.29, 0.717) is 12.8 Å². The summed E-state index contributed by atoms with van der Waals surface area (Å²) in [4.78, 5) is 11.8. The highest BCUT2D eigenvalue weighted by Crippen LogP contribution is 2.10. The summed E-state index contributed by atoms with van der Waals surface area (Å²) in [5, 5.41) is 0. The molecule has 0 N–H and O–H groups in total. The van der Waals surface area contributed by atoms with E-state index in [0.717, 1.165) is 11.1 Å². The van der Waals surface area contributed by atoms with E-state index in [2.05, 4.69) is 13.2 Å². The predicted molar refractivity (Wildman–Crippen MR) is 85.8 cm³/mol. The van der Waals surface area contributed by atoms with Gasteiger partial charge in [0.25, 0.3) is 11.9 Å². The first-order valence-corrected chi connectivity index (χ1v) is 7.23. The first kappa shape index (κ1) is 19.8. The molecule has 5 nitrogen and oxygen atoms in total. The molecule has 0 aromatic rings. The topological polar surface area (TPSA) is 54.0 Å². The van der Waals surface area contributed by atoms with Crippen molar-refractivity contribution in [2.24, 2.45) is 0 Å². The van der Waals surface area contributed by atoms with Crippen molar-refractivity contribution in [3.8, 4) is 0 Å². The van der Waals surface area contributed by atoms with Gasteiger partial charge in [0.05, 0.1) is 0 Å². The number of carbonyl (C=O) groups is 1. The van der Waals surface area contributed by atoms with Gasteiger partial charge in [-0.1, -0.05) is 27.0 Å². The van der Waals surface area contributed by atoms with Crippen LogP contribution in [0.4, 0.5) is 4.79 Å². The van der Waals surface area contributed by atoms with E-state index in [1.165, 1.54) is 0 Å². The van der Waals surface area contributed by atoms with E-state index in [1.54, 1.807) is 12.2 Å². The molecule has 0 atom stereocenters. The van der Waals surface area contributed by atoms with Gasteiger partial charge in [-0.05, 0) is 50.0 Å². The second kappa shape index (κ2) is 11.5. The summed E-state index contributed by atoms with van der Waals surface area (Å²) in [6.07, 6.45) is 3.68. The molecule has 0 aliphatic rings. The zero-order valence-corrected chi connectivity index (χ0v) is 13.9. The van der Waals surface area contributed by atoms with Gasteiger partial charge in [-0.15, -0.1) is 0 Å². The van der Waals surface area contributed by atoms with Gasteiger partial charge in [0.15, 0.2) is 0 Å². The molecule has 0 saturated heterocycles. The van der Waals surface area contributed by atoms with Crippen molar-refractivity contribution >= 4 is 6.16 Å². The fourth-order valence-electron chi connectivity index (χ4n) is 1.17. The van der Waals surface area contributed by atoms with Crippen LogP contribution in [0.2, 0.25) is 0 Å². The molecule has 0 aliphatic carbocycles. The first-order chi connectivity index (χ1) is 10.4. The third-order valence-electron chi connectivity index (χ3n) is 2.03.